The summed E-state index contributed by atoms with van der Waals surface area (Å²) in [6.45, 7) is 2.60. The molecule has 0 spiro atoms. The fraction of sp³-hybridized carbons (Fsp3) is 0.533. The van der Waals surface area contributed by atoms with E-state index in [1.54, 1.807) is 0 Å². The summed E-state index contributed by atoms with van der Waals surface area (Å²) in [4.78, 5) is 14.4. The summed E-state index contributed by atoms with van der Waals surface area (Å²) in [5.41, 5.74) is 6.43. The van der Waals surface area contributed by atoms with Crippen molar-refractivity contribution in [3.63, 3.8) is 0 Å². The molecule has 0 saturated heterocycles. The standard InChI is InChI=1S/C15H21FN2O/c1-2-18(12-6-4-3-5-7-12)15(19)13-10-11(16)8-9-14(13)17/h8-10,12H,2-7,17H2,1H3. The van der Waals surface area contributed by atoms with Gasteiger partial charge in [0.15, 0.2) is 0 Å². The van der Waals surface area contributed by atoms with E-state index in [-0.39, 0.29) is 17.5 Å². The molecule has 0 unspecified atom stereocenters. The third-order valence-corrected chi connectivity index (χ3v) is 3.86. The molecule has 1 amide bonds. The van der Waals surface area contributed by atoms with E-state index in [0.717, 1.165) is 25.7 Å². The first kappa shape index (κ1) is 13.8. The summed E-state index contributed by atoms with van der Waals surface area (Å²) in [6.07, 6.45) is 5.63. The second-order valence-electron chi connectivity index (χ2n) is 5.11. The van der Waals surface area contributed by atoms with E-state index in [9.17, 15) is 9.18 Å². The zero-order valence-corrected chi connectivity index (χ0v) is 11.4. The van der Waals surface area contributed by atoms with Crippen LogP contribution >= 0.6 is 0 Å². The van der Waals surface area contributed by atoms with Gasteiger partial charge in [-0.25, -0.2) is 4.39 Å². The second-order valence-corrected chi connectivity index (χ2v) is 5.11. The fourth-order valence-corrected chi connectivity index (χ4v) is 2.83. The number of carbonyl (C=O) groups excluding carboxylic acids is 1. The monoisotopic (exact) mass is 264 g/mol. The first-order valence-electron chi connectivity index (χ1n) is 6.99. The van der Waals surface area contributed by atoms with Gasteiger partial charge in [-0.1, -0.05) is 19.3 Å². The molecule has 2 N–H and O–H groups in total. The summed E-state index contributed by atoms with van der Waals surface area (Å²) in [5, 5.41) is 0. The molecule has 2 rings (SSSR count). The van der Waals surface area contributed by atoms with Gasteiger partial charge in [0.1, 0.15) is 5.82 Å². The summed E-state index contributed by atoms with van der Waals surface area (Å²) in [6, 6.07) is 4.25. The molecule has 19 heavy (non-hydrogen) atoms. The highest BCUT2D eigenvalue weighted by atomic mass is 19.1. The third kappa shape index (κ3) is 3.06. The van der Waals surface area contributed by atoms with Gasteiger partial charge in [0, 0.05) is 18.3 Å². The number of rotatable bonds is 3. The average molecular weight is 264 g/mol. The van der Waals surface area contributed by atoms with Crippen molar-refractivity contribution in [2.24, 2.45) is 0 Å². The van der Waals surface area contributed by atoms with E-state index in [1.165, 1.54) is 24.6 Å². The van der Waals surface area contributed by atoms with Crippen molar-refractivity contribution in [2.75, 3.05) is 12.3 Å². The molecule has 104 valence electrons. The average Bonchev–Trinajstić information content (AvgIpc) is 2.43. The van der Waals surface area contributed by atoms with Crippen LogP contribution in [-0.2, 0) is 0 Å². The maximum atomic E-state index is 13.3. The maximum absolute atomic E-state index is 13.3. The van der Waals surface area contributed by atoms with Crippen LogP contribution in [0.15, 0.2) is 18.2 Å². The third-order valence-electron chi connectivity index (χ3n) is 3.86. The number of hydrogen-bond donors (Lipinski definition) is 1. The highest BCUT2D eigenvalue weighted by molar-refractivity contribution is 5.99. The van der Waals surface area contributed by atoms with E-state index in [0.29, 0.717) is 12.2 Å². The second kappa shape index (κ2) is 6.04. The van der Waals surface area contributed by atoms with E-state index in [4.69, 9.17) is 5.73 Å². The largest absolute Gasteiger partial charge is 0.398 e. The molecule has 0 aliphatic heterocycles. The normalized spacial score (nSPS) is 16.3. The van der Waals surface area contributed by atoms with E-state index in [2.05, 4.69) is 0 Å². The van der Waals surface area contributed by atoms with Gasteiger partial charge in [0.25, 0.3) is 5.91 Å². The Bertz CT molecular complexity index is 455. The number of amides is 1. The minimum atomic E-state index is -0.419. The molecule has 1 fully saturated rings. The molecule has 4 heteroatoms. The van der Waals surface area contributed by atoms with Crippen LogP contribution in [0.5, 0.6) is 0 Å². The first-order chi connectivity index (χ1) is 9.13. The predicted octanol–water partition coefficient (Wildman–Crippen LogP) is 3.20. The number of anilines is 1. The van der Waals surface area contributed by atoms with E-state index in [1.807, 2.05) is 11.8 Å². The molecule has 1 aliphatic carbocycles. The molecule has 0 bridgehead atoms. The summed E-state index contributed by atoms with van der Waals surface area (Å²) < 4.78 is 13.3. The van der Waals surface area contributed by atoms with Gasteiger partial charge < -0.3 is 10.6 Å². The number of nitrogens with zero attached hydrogens (tertiary/aromatic N) is 1. The SMILES string of the molecule is CCN(C(=O)c1cc(F)ccc1N)C1CCCCC1. The van der Waals surface area contributed by atoms with Crippen molar-refractivity contribution in [1.29, 1.82) is 0 Å². The highest BCUT2D eigenvalue weighted by Gasteiger charge is 2.26. The Kier molecular flexibility index (Phi) is 4.40. The van der Waals surface area contributed by atoms with Gasteiger partial charge in [-0.05, 0) is 38.0 Å². The van der Waals surface area contributed by atoms with Crippen LogP contribution in [0.4, 0.5) is 10.1 Å². The zero-order valence-electron chi connectivity index (χ0n) is 11.4. The Hall–Kier alpha value is -1.58. The molecule has 1 aromatic carbocycles. The summed E-state index contributed by atoms with van der Waals surface area (Å²) in [7, 11) is 0. The molecular weight excluding hydrogens is 243 g/mol. The fourth-order valence-electron chi connectivity index (χ4n) is 2.83. The highest BCUT2D eigenvalue weighted by Crippen LogP contribution is 2.25. The van der Waals surface area contributed by atoms with Gasteiger partial charge in [0.05, 0.1) is 5.56 Å². The Labute approximate surface area is 113 Å². The van der Waals surface area contributed by atoms with Crippen molar-refractivity contribution in [3.05, 3.63) is 29.6 Å². The molecule has 1 saturated carbocycles. The molecule has 0 radical (unpaired) electrons. The summed E-state index contributed by atoms with van der Waals surface area (Å²) in [5.74, 6) is -0.566. The summed E-state index contributed by atoms with van der Waals surface area (Å²) >= 11 is 0. The predicted molar refractivity (Wildman–Crippen MR) is 74.4 cm³/mol. The van der Waals surface area contributed by atoms with E-state index < -0.39 is 5.82 Å². The number of nitrogen functional groups attached to an aromatic ring is 1. The molecule has 0 atom stereocenters. The lowest BCUT2D eigenvalue weighted by atomic mass is 9.93. The zero-order chi connectivity index (χ0) is 13.8. The van der Waals surface area contributed by atoms with Crippen LogP contribution in [0, 0.1) is 5.82 Å². The van der Waals surface area contributed by atoms with Crippen molar-refractivity contribution < 1.29 is 9.18 Å². The molecule has 3 nitrogen and oxygen atoms in total. The van der Waals surface area contributed by atoms with Crippen LogP contribution in [0.3, 0.4) is 0 Å². The molecule has 0 aromatic heterocycles. The van der Waals surface area contributed by atoms with E-state index >= 15 is 0 Å². The van der Waals surface area contributed by atoms with Gasteiger partial charge in [-0.3, -0.25) is 4.79 Å². The quantitative estimate of drug-likeness (QED) is 0.852. The van der Waals surface area contributed by atoms with Crippen LogP contribution in [-0.4, -0.2) is 23.4 Å². The van der Waals surface area contributed by atoms with Crippen LogP contribution in [0.25, 0.3) is 0 Å². The first-order valence-corrected chi connectivity index (χ1v) is 6.99. The lowest BCUT2D eigenvalue weighted by Gasteiger charge is -2.33. The van der Waals surface area contributed by atoms with Gasteiger partial charge >= 0.3 is 0 Å². The molecule has 1 aromatic rings. The Morgan fingerprint density at radius 3 is 2.68 bits per heavy atom. The number of hydrogen-bond acceptors (Lipinski definition) is 2. The molecule has 0 heterocycles. The Morgan fingerprint density at radius 1 is 1.37 bits per heavy atom. The minimum absolute atomic E-state index is 0.147. The Morgan fingerprint density at radius 2 is 2.05 bits per heavy atom. The van der Waals surface area contributed by atoms with Crippen LogP contribution in [0.2, 0.25) is 0 Å². The molecular formula is C15H21FN2O. The smallest absolute Gasteiger partial charge is 0.256 e. The minimum Gasteiger partial charge on any atom is -0.398 e. The van der Waals surface area contributed by atoms with Gasteiger partial charge in [-0.15, -0.1) is 0 Å². The van der Waals surface area contributed by atoms with Crippen molar-refractivity contribution in [1.82, 2.24) is 4.90 Å². The van der Waals surface area contributed by atoms with Gasteiger partial charge in [0.2, 0.25) is 0 Å². The number of halogens is 1. The van der Waals surface area contributed by atoms with Crippen molar-refractivity contribution in [2.45, 2.75) is 45.1 Å². The maximum Gasteiger partial charge on any atom is 0.256 e. The number of benzene rings is 1. The van der Waals surface area contributed by atoms with Gasteiger partial charge in [-0.2, -0.15) is 0 Å². The van der Waals surface area contributed by atoms with Crippen molar-refractivity contribution >= 4 is 11.6 Å². The lowest BCUT2D eigenvalue weighted by molar-refractivity contribution is 0.0648. The van der Waals surface area contributed by atoms with Crippen LogP contribution < -0.4 is 5.73 Å². The topological polar surface area (TPSA) is 46.3 Å². The molecule has 1 aliphatic rings. The lowest BCUT2D eigenvalue weighted by Crippen LogP contribution is -2.41. The Balaban J connectivity index is 2.22. The van der Waals surface area contributed by atoms with Crippen LogP contribution in [0.1, 0.15) is 49.4 Å². The number of carbonyl (C=O) groups is 1. The number of nitrogens with two attached hydrogens (primary N) is 1. The van der Waals surface area contributed by atoms with Crippen molar-refractivity contribution in [3.8, 4) is 0 Å².